The minimum atomic E-state index is -0.0601. The van der Waals surface area contributed by atoms with Crippen molar-refractivity contribution >= 4 is 34.1 Å². The third kappa shape index (κ3) is 3.55. The van der Waals surface area contributed by atoms with Gasteiger partial charge in [-0.05, 0) is 25.7 Å². The van der Waals surface area contributed by atoms with Gasteiger partial charge in [-0.1, -0.05) is 23.1 Å². The topological polar surface area (TPSA) is 112 Å². The van der Waals surface area contributed by atoms with Gasteiger partial charge < -0.3 is 11.1 Å². The molecule has 0 unspecified atom stereocenters. The third-order valence-electron chi connectivity index (χ3n) is 3.38. The summed E-state index contributed by atoms with van der Waals surface area (Å²) >= 11 is 2.62. The maximum absolute atomic E-state index is 12.2. The zero-order valence-corrected chi connectivity index (χ0v) is 13.7. The van der Waals surface area contributed by atoms with Crippen LogP contribution in [0.5, 0.6) is 0 Å². The minimum Gasteiger partial charge on any atom is -0.374 e. The number of nitrogens with one attached hydrogen (secondary N) is 1. The van der Waals surface area contributed by atoms with Crippen LogP contribution in [0.3, 0.4) is 0 Å². The van der Waals surface area contributed by atoms with E-state index in [9.17, 15) is 4.79 Å². The van der Waals surface area contributed by atoms with E-state index in [0.29, 0.717) is 15.4 Å². The molecule has 0 saturated heterocycles. The molecule has 1 atom stereocenters. The molecule has 3 N–H and O–H groups in total. The number of nitrogens with two attached hydrogens (primary N) is 1. The van der Waals surface area contributed by atoms with Crippen molar-refractivity contribution in [2.75, 3.05) is 11.5 Å². The van der Waals surface area contributed by atoms with E-state index >= 15 is 0 Å². The van der Waals surface area contributed by atoms with Crippen molar-refractivity contribution in [3.05, 3.63) is 12.2 Å². The lowest BCUT2D eigenvalue weighted by Crippen LogP contribution is -2.33. The zero-order chi connectivity index (χ0) is 15.5. The van der Waals surface area contributed by atoms with Crippen LogP contribution < -0.4 is 11.1 Å². The molecule has 118 valence electrons. The molecule has 0 spiro atoms. The summed E-state index contributed by atoms with van der Waals surface area (Å²) in [4.78, 5) is 16.5. The smallest absolute Gasteiger partial charge is 0.231 e. The summed E-state index contributed by atoms with van der Waals surface area (Å²) in [5.41, 5.74) is 5.52. The second kappa shape index (κ2) is 6.61. The summed E-state index contributed by atoms with van der Waals surface area (Å²) in [5, 5.41) is 15.3. The highest BCUT2D eigenvalue weighted by molar-refractivity contribution is 8.01. The van der Waals surface area contributed by atoms with Gasteiger partial charge in [0.1, 0.15) is 12.2 Å². The van der Waals surface area contributed by atoms with Crippen LogP contribution in [0.15, 0.2) is 10.7 Å². The lowest BCUT2D eigenvalue weighted by molar-refractivity contribution is -0.119. The molecule has 0 radical (unpaired) electrons. The molecule has 1 aliphatic rings. The molecule has 0 aliphatic heterocycles. The van der Waals surface area contributed by atoms with Gasteiger partial charge in [0.2, 0.25) is 11.0 Å². The monoisotopic (exact) mass is 339 g/mol. The first-order chi connectivity index (χ1) is 10.7. The van der Waals surface area contributed by atoms with Crippen LogP contribution in [-0.2, 0) is 11.3 Å². The summed E-state index contributed by atoms with van der Waals surface area (Å²) in [7, 11) is 0. The molecule has 2 aromatic heterocycles. The molecule has 2 heterocycles. The van der Waals surface area contributed by atoms with Gasteiger partial charge in [-0.2, -0.15) is 5.10 Å². The van der Waals surface area contributed by atoms with Gasteiger partial charge in [-0.15, -0.1) is 10.2 Å². The second-order valence-corrected chi connectivity index (χ2v) is 7.24. The zero-order valence-electron chi connectivity index (χ0n) is 12.1. The van der Waals surface area contributed by atoms with Gasteiger partial charge in [-0.3, -0.25) is 4.79 Å². The molecule has 1 amide bonds. The lowest BCUT2D eigenvalue weighted by Gasteiger charge is -2.17. The van der Waals surface area contributed by atoms with Crippen molar-refractivity contribution in [2.24, 2.45) is 5.92 Å². The van der Waals surface area contributed by atoms with Crippen molar-refractivity contribution in [3.63, 3.8) is 0 Å². The number of nitrogens with zero attached hydrogens (tertiary/aromatic N) is 5. The predicted molar refractivity (Wildman–Crippen MR) is 84.3 cm³/mol. The van der Waals surface area contributed by atoms with Crippen molar-refractivity contribution in [1.29, 1.82) is 0 Å². The van der Waals surface area contributed by atoms with E-state index in [-0.39, 0.29) is 17.7 Å². The van der Waals surface area contributed by atoms with Gasteiger partial charge in [0, 0.05) is 6.54 Å². The molecule has 1 saturated carbocycles. The number of anilines is 1. The van der Waals surface area contributed by atoms with Crippen molar-refractivity contribution in [1.82, 2.24) is 30.3 Å². The molecular formula is C12H17N7OS2. The number of nitrogen functional groups attached to an aromatic ring is 1. The first-order valence-electron chi connectivity index (χ1n) is 7.06. The highest BCUT2D eigenvalue weighted by Crippen LogP contribution is 2.40. The van der Waals surface area contributed by atoms with E-state index in [1.165, 1.54) is 23.1 Å². The highest BCUT2D eigenvalue weighted by Gasteiger charge is 2.36. The number of hydrogen-bond donors (Lipinski definition) is 2. The molecule has 22 heavy (non-hydrogen) atoms. The second-order valence-electron chi connectivity index (χ2n) is 5.01. The van der Waals surface area contributed by atoms with E-state index in [4.69, 9.17) is 5.73 Å². The van der Waals surface area contributed by atoms with E-state index in [2.05, 4.69) is 25.6 Å². The Morgan fingerprint density at radius 2 is 2.41 bits per heavy atom. The number of thioether (sulfide) groups is 1. The number of carbonyl (C=O) groups excluding carboxylic acids is 1. The molecule has 2 aromatic rings. The van der Waals surface area contributed by atoms with E-state index < -0.39 is 0 Å². The number of carbonyl (C=O) groups is 1. The van der Waals surface area contributed by atoms with E-state index in [0.717, 1.165) is 25.2 Å². The molecular weight excluding hydrogens is 322 g/mol. The fourth-order valence-corrected chi connectivity index (χ4v) is 3.65. The Labute approximate surface area is 135 Å². The Morgan fingerprint density at radius 3 is 3.05 bits per heavy atom. The summed E-state index contributed by atoms with van der Waals surface area (Å²) in [6, 6.07) is -0.0601. The van der Waals surface area contributed by atoms with Gasteiger partial charge in [0.25, 0.3) is 0 Å². The Morgan fingerprint density at radius 1 is 1.59 bits per heavy atom. The van der Waals surface area contributed by atoms with Crippen LogP contribution in [0, 0.1) is 5.92 Å². The Kier molecular flexibility index (Phi) is 4.57. The van der Waals surface area contributed by atoms with Crippen LogP contribution >= 0.6 is 23.1 Å². The number of aryl methyl sites for hydroxylation is 1. The van der Waals surface area contributed by atoms with Crippen LogP contribution in [0.25, 0.3) is 0 Å². The number of amides is 1. The minimum absolute atomic E-state index is 0.0404. The molecule has 10 heteroatoms. The number of aromatic nitrogens is 5. The largest absolute Gasteiger partial charge is 0.374 e. The number of rotatable bonds is 7. The van der Waals surface area contributed by atoms with Crippen molar-refractivity contribution in [3.8, 4) is 0 Å². The maximum Gasteiger partial charge on any atom is 0.231 e. The first-order valence-corrected chi connectivity index (χ1v) is 8.86. The molecule has 1 aliphatic carbocycles. The van der Waals surface area contributed by atoms with Crippen molar-refractivity contribution < 1.29 is 4.79 Å². The SMILES string of the molecule is CCn1ncnc1[C@H](NC(=O)CSc1nnc(N)s1)C1CC1. The average Bonchev–Trinajstić information content (AvgIpc) is 3.09. The average molecular weight is 339 g/mol. The van der Waals surface area contributed by atoms with Crippen LogP contribution in [0.4, 0.5) is 5.13 Å². The third-order valence-corrected chi connectivity index (χ3v) is 5.27. The van der Waals surface area contributed by atoms with Gasteiger partial charge in [0.05, 0.1) is 11.8 Å². The fraction of sp³-hybridized carbons (Fsp3) is 0.583. The van der Waals surface area contributed by atoms with E-state index in [1.54, 1.807) is 6.33 Å². The van der Waals surface area contributed by atoms with Gasteiger partial charge in [0.15, 0.2) is 4.34 Å². The van der Waals surface area contributed by atoms with Gasteiger partial charge >= 0.3 is 0 Å². The van der Waals surface area contributed by atoms with Crippen LogP contribution in [0.2, 0.25) is 0 Å². The summed E-state index contributed by atoms with van der Waals surface area (Å²) < 4.78 is 2.54. The normalized spacial score (nSPS) is 15.7. The van der Waals surface area contributed by atoms with Gasteiger partial charge in [-0.25, -0.2) is 9.67 Å². The fourth-order valence-electron chi connectivity index (χ4n) is 2.20. The molecule has 0 bridgehead atoms. The summed E-state index contributed by atoms with van der Waals surface area (Å²) in [6.45, 7) is 2.76. The summed E-state index contributed by atoms with van der Waals surface area (Å²) in [6.07, 6.45) is 3.77. The molecule has 3 rings (SSSR count). The molecule has 8 nitrogen and oxygen atoms in total. The first kappa shape index (κ1) is 15.2. The highest BCUT2D eigenvalue weighted by atomic mass is 32.2. The Hall–Kier alpha value is -1.68. The van der Waals surface area contributed by atoms with Crippen LogP contribution in [-0.4, -0.2) is 36.6 Å². The predicted octanol–water partition coefficient (Wildman–Crippen LogP) is 1.09. The van der Waals surface area contributed by atoms with Crippen LogP contribution in [0.1, 0.15) is 31.6 Å². The molecule has 0 aromatic carbocycles. The Bertz CT molecular complexity index is 651. The molecule has 1 fully saturated rings. The lowest BCUT2D eigenvalue weighted by atomic mass is 10.1. The van der Waals surface area contributed by atoms with E-state index in [1.807, 2.05) is 11.6 Å². The quantitative estimate of drug-likeness (QED) is 0.726. The Balaban J connectivity index is 1.60. The summed E-state index contributed by atoms with van der Waals surface area (Å²) in [5.74, 6) is 1.54. The standard InChI is InChI=1S/C12H17N7OS2/c1-2-19-10(14-6-15-19)9(7-3-4-7)16-8(20)5-21-12-18-17-11(13)22-12/h6-7,9H,2-5H2,1H3,(H2,13,17)(H,16,20)/t9-/m1/s1. The van der Waals surface area contributed by atoms with Crippen molar-refractivity contribution in [2.45, 2.75) is 36.7 Å². The maximum atomic E-state index is 12.2. The number of hydrogen-bond acceptors (Lipinski definition) is 8.